The van der Waals surface area contributed by atoms with Crippen LogP contribution in [0.15, 0.2) is 10.7 Å². The van der Waals surface area contributed by atoms with Crippen LogP contribution < -0.4 is 0 Å². The molecule has 1 fully saturated rings. The van der Waals surface area contributed by atoms with Gasteiger partial charge < -0.3 is 14.4 Å². The molecule has 0 spiro atoms. The van der Waals surface area contributed by atoms with Crippen LogP contribution in [0.4, 0.5) is 0 Å². The van der Waals surface area contributed by atoms with Gasteiger partial charge in [-0.15, -0.1) is 0 Å². The van der Waals surface area contributed by atoms with Gasteiger partial charge in [0.05, 0.1) is 5.69 Å². The van der Waals surface area contributed by atoms with Crippen LogP contribution in [0.1, 0.15) is 45.7 Å². The maximum atomic E-state index is 12.5. The number of nitrogens with zero attached hydrogens (tertiary/aromatic N) is 3. The topological polar surface area (TPSA) is 75.0 Å². The summed E-state index contributed by atoms with van der Waals surface area (Å²) in [5, 5.41) is 3.85. The largest absolute Gasteiger partial charge is 0.361 e. The molecule has 0 aliphatic carbocycles. The average molecular weight is 274 g/mol. The maximum Gasteiger partial charge on any atom is 0.259 e. The van der Waals surface area contributed by atoms with E-state index in [4.69, 9.17) is 4.52 Å². The quantitative estimate of drug-likeness (QED) is 0.908. The van der Waals surface area contributed by atoms with Gasteiger partial charge in [0.2, 0.25) is 0 Å². The Kier molecular flexibility index (Phi) is 3.08. The number of imidazole rings is 1. The van der Waals surface area contributed by atoms with Gasteiger partial charge in [0, 0.05) is 30.9 Å². The zero-order valence-electron chi connectivity index (χ0n) is 11.9. The van der Waals surface area contributed by atoms with Crippen molar-refractivity contribution in [3.63, 3.8) is 0 Å². The third-order valence-electron chi connectivity index (χ3n) is 3.83. The Morgan fingerprint density at radius 3 is 2.85 bits per heavy atom. The molecule has 1 atom stereocenters. The lowest BCUT2D eigenvalue weighted by Gasteiger charge is -2.15. The second-order valence-electron chi connectivity index (χ2n) is 5.39. The van der Waals surface area contributed by atoms with E-state index in [1.165, 1.54) is 0 Å². The van der Waals surface area contributed by atoms with Gasteiger partial charge in [-0.25, -0.2) is 4.98 Å². The smallest absolute Gasteiger partial charge is 0.259 e. The molecular formula is C14H18N4O2. The van der Waals surface area contributed by atoms with E-state index in [1.807, 2.05) is 18.0 Å². The van der Waals surface area contributed by atoms with E-state index in [-0.39, 0.29) is 11.8 Å². The molecule has 2 aromatic heterocycles. The van der Waals surface area contributed by atoms with Crippen molar-refractivity contribution in [3.8, 4) is 0 Å². The van der Waals surface area contributed by atoms with Crippen molar-refractivity contribution < 1.29 is 9.32 Å². The molecule has 106 valence electrons. The van der Waals surface area contributed by atoms with Crippen molar-refractivity contribution >= 4 is 5.91 Å². The molecule has 1 aliphatic heterocycles. The molecule has 6 nitrogen and oxygen atoms in total. The summed E-state index contributed by atoms with van der Waals surface area (Å²) in [7, 11) is 0. The molecule has 20 heavy (non-hydrogen) atoms. The number of rotatable bonds is 2. The van der Waals surface area contributed by atoms with Gasteiger partial charge in [0.25, 0.3) is 5.91 Å². The van der Waals surface area contributed by atoms with Crippen molar-refractivity contribution in [1.82, 2.24) is 20.0 Å². The number of amides is 1. The van der Waals surface area contributed by atoms with E-state index in [0.29, 0.717) is 23.6 Å². The second kappa shape index (κ2) is 4.77. The van der Waals surface area contributed by atoms with Gasteiger partial charge in [-0.05, 0) is 27.2 Å². The zero-order chi connectivity index (χ0) is 14.3. The minimum absolute atomic E-state index is 0.00651. The summed E-state index contributed by atoms with van der Waals surface area (Å²) in [5.74, 6) is 1.85. The van der Waals surface area contributed by atoms with Crippen LogP contribution in [-0.2, 0) is 0 Å². The molecule has 3 heterocycles. The second-order valence-corrected chi connectivity index (χ2v) is 5.39. The SMILES string of the molecule is Cc1cnc(C2CCN(C(=O)c3c(C)noc3C)C2)[nH]1. The highest BCUT2D eigenvalue weighted by atomic mass is 16.5. The van der Waals surface area contributed by atoms with Crippen LogP contribution in [0, 0.1) is 20.8 Å². The molecule has 1 saturated heterocycles. The van der Waals surface area contributed by atoms with Crippen LogP contribution in [-0.4, -0.2) is 39.0 Å². The number of aromatic amines is 1. The summed E-state index contributed by atoms with van der Waals surface area (Å²) < 4.78 is 5.07. The zero-order valence-corrected chi connectivity index (χ0v) is 11.9. The molecule has 0 radical (unpaired) electrons. The van der Waals surface area contributed by atoms with Crippen molar-refractivity contribution in [2.24, 2.45) is 0 Å². The van der Waals surface area contributed by atoms with Gasteiger partial charge >= 0.3 is 0 Å². The van der Waals surface area contributed by atoms with Gasteiger partial charge in [-0.1, -0.05) is 5.16 Å². The first-order chi connectivity index (χ1) is 9.56. The standard InChI is InChI=1S/C14H18N4O2/c1-8-6-15-13(16-8)11-4-5-18(7-11)14(19)12-9(2)17-20-10(12)3/h6,11H,4-5,7H2,1-3H3,(H,15,16). The van der Waals surface area contributed by atoms with Gasteiger partial charge in [-0.2, -0.15) is 0 Å². The Morgan fingerprint density at radius 2 is 2.25 bits per heavy atom. The summed E-state index contributed by atoms with van der Waals surface area (Å²) in [5.41, 5.74) is 2.31. The molecule has 6 heteroatoms. The van der Waals surface area contributed by atoms with Crippen molar-refractivity contribution in [3.05, 3.63) is 34.7 Å². The van der Waals surface area contributed by atoms with Crippen LogP contribution >= 0.6 is 0 Å². The molecule has 1 aliphatic rings. The lowest BCUT2D eigenvalue weighted by Crippen LogP contribution is -2.29. The lowest BCUT2D eigenvalue weighted by molar-refractivity contribution is 0.0788. The number of nitrogens with one attached hydrogen (secondary N) is 1. The fourth-order valence-corrected chi connectivity index (χ4v) is 2.75. The first-order valence-corrected chi connectivity index (χ1v) is 6.80. The van der Waals surface area contributed by atoms with Crippen LogP contribution in [0.3, 0.4) is 0 Å². The predicted octanol–water partition coefficient (Wildman–Crippen LogP) is 1.95. The number of likely N-dealkylation sites (tertiary alicyclic amines) is 1. The van der Waals surface area contributed by atoms with E-state index in [2.05, 4.69) is 15.1 Å². The highest BCUT2D eigenvalue weighted by molar-refractivity contribution is 5.96. The Morgan fingerprint density at radius 1 is 1.45 bits per heavy atom. The number of carbonyl (C=O) groups is 1. The number of hydrogen-bond donors (Lipinski definition) is 1. The third-order valence-corrected chi connectivity index (χ3v) is 3.83. The normalized spacial score (nSPS) is 18.8. The first kappa shape index (κ1) is 12.9. The Hall–Kier alpha value is -2.11. The fourth-order valence-electron chi connectivity index (χ4n) is 2.75. The Balaban J connectivity index is 1.76. The predicted molar refractivity (Wildman–Crippen MR) is 72.6 cm³/mol. The number of aryl methyl sites for hydroxylation is 3. The lowest BCUT2D eigenvalue weighted by atomic mass is 10.1. The fraction of sp³-hybridized carbons (Fsp3) is 0.500. The molecule has 1 N–H and O–H groups in total. The van der Waals surface area contributed by atoms with Crippen molar-refractivity contribution in [2.45, 2.75) is 33.1 Å². The number of hydrogen-bond acceptors (Lipinski definition) is 4. The molecule has 0 aromatic carbocycles. The Bertz CT molecular complexity index is 624. The summed E-state index contributed by atoms with van der Waals surface area (Å²) in [4.78, 5) is 22.0. The monoisotopic (exact) mass is 274 g/mol. The van der Waals surface area contributed by atoms with Crippen LogP contribution in [0.2, 0.25) is 0 Å². The number of H-pyrrole nitrogens is 1. The summed E-state index contributed by atoms with van der Waals surface area (Å²) in [6.45, 7) is 6.99. The average Bonchev–Trinajstić information content (AvgIpc) is 3.10. The maximum absolute atomic E-state index is 12.5. The molecule has 2 aromatic rings. The molecule has 1 unspecified atom stereocenters. The minimum atomic E-state index is 0.00651. The van der Waals surface area contributed by atoms with Gasteiger partial charge in [0.15, 0.2) is 0 Å². The number of aromatic nitrogens is 3. The van der Waals surface area contributed by atoms with E-state index in [0.717, 1.165) is 24.5 Å². The van der Waals surface area contributed by atoms with Gasteiger partial charge in [-0.3, -0.25) is 4.79 Å². The highest BCUT2D eigenvalue weighted by Crippen LogP contribution is 2.27. The molecule has 3 rings (SSSR count). The first-order valence-electron chi connectivity index (χ1n) is 6.80. The van der Waals surface area contributed by atoms with E-state index < -0.39 is 0 Å². The summed E-state index contributed by atoms with van der Waals surface area (Å²) in [6.07, 6.45) is 2.76. The minimum Gasteiger partial charge on any atom is -0.361 e. The summed E-state index contributed by atoms with van der Waals surface area (Å²) >= 11 is 0. The molecule has 0 bridgehead atoms. The van der Waals surface area contributed by atoms with Crippen LogP contribution in [0.25, 0.3) is 0 Å². The van der Waals surface area contributed by atoms with Gasteiger partial charge in [0.1, 0.15) is 17.1 Å². The third kappa shape index (κ3) is 2.11. The molecule has 1 amide bonds. The van der Waals surface area contributed by atoms with Crippen molar-refractivity contribution in [1.29, 1.82) is 0 Å². The molecule has 0 saturated carbocycles. The van der Waals surface area contributed by atoms with E-state index in [9.17, 15) is 4.79 Å². The summed E-state index contributed by atoms with van der Waals surface area (Å²) in [6, 6.07) is 0. The van der Waals surface area contributed by atoms with E-state index >= 15 is 0 Å². The molecular weight excluding hydrogens is 256 g/mol. The van der Waals surface area contributed by atoms with Crippen molar-refractivity contribution in [2.75, 3.05) is 13.1 Å². The van der Waals surface area contributed by atoms with E-state index in [1.54, 1.807) is 13.8 Å². The highest BCUT2D eigenvalue weighted by Gasteiger charge is 2.32. The van der Waals surface area contributed by atoms with Crippen LogP contribution in [0.5, 0.6) is 0 Å². The Labute approximate surface area is 117 Å². The number of carbonyl (C=O) groups excluding carboxylic acids is 1.